The van der Waals surface area contributed by atoms with Crippen molar-refractivity contribution >= 4 is 29.3 Å². The Labute approximate surface area is 233 Å². The van der Waals surface area contributed by atoms with Crippen LogP contribution < -0.4 is 16.6 Å². The minimum atomic E-state index is -0.580. The molecular weight excluding hydrogens is 522 g/mol. The van der Waals surface area contributed by atoms with Crippen molar-refractivity contribution in [3.63, 3.8) is 0 Å². The number of rotatable bonds is 11. The minimum Gasteiger partial charge on any atom is -0.461 e. The number of anilines is 1. The van der Waals surface area contributed by atoms with Gasteiger partial charge in [-0.25, -0.2) is 4.79 Å². The number of nitrogens with zero attached hydrogens (tertiary/aromatic N) is 2. The minimum absolute atomic E-state index is 0.0306. The standard InChI is InChI=1S/C28H38ClN5O5/c1-38-24-18-34(14-10-23(24)31-26(35)21-17-22(29)25(30)32-27(21)36)13-4-5-19-6-8-20(9-7-19)28(37)39-16-15-33-11-2-3-12-33/h6-9,17,23-24H,2-5,10-16,18H2,1H3,(H,31,35)(H3,30,32,36)/t23-,24+/m1/s1. The second kappa shape index (κ2) is 13.9. The fourth-order valence-corrected chi connectivity index (χ4v) is 5.35. The monoisotopic (exact) mass is 559 g/mol. The van der Waals surface area contributed by atoms with E-state index in [2.05, 4.69) is 20.1 Å². The zero-order valence-electron chi connectivity index (χ0n) is 22.4. The van der Waals surface area contributed by atoms with Crippen LogP contribution in [-0.2, 0) is 15.9 Å². The average Bonchev–Trinajstić information content (AvgIpc) is 3.45. The van der Waals surface area contributed by atoms with Crippen molar-refractivity contribution in [1.29, 1.82) is 0 Å². The fourth-order valence-electron chi connectivity index (χ4n) is 5.19. The predicted octanol–water partition coefficient (Wildman–Crippen LogP) is 2.32. The Balaban J connectivity index is 1.19. The topological polar surface area (TPSA) is 130 Å². The predicted molar refractivity (Wildman–Crippen MR) is 150 cm³/mol. The molecule has 0 radical (unpaired) electrons. The molecule has 4 rings (SSSR count). The summed E-state index contributed by atoms with van der Waals surface area (Å²) in [5.74, 6) is -0.744. The highest BCUT2D eigenvalue weighted by Gasteiger charge is 2.31. The Hall–Kier alpha value is -2.92. The van der Waals surface area contributed by atoms with E-state index < -0.39 is 11.5 Å². The van der Waals surface area contributed by atoms with E-state index in [1.54, 1.807) is 7.11 Å². The lowest BCUT2D eigenvalue weighted by Crippen LogP contribution is -2.55. The number of carbonyl (C=O) groups is 2. The van der Waals surface area contributed by atoms with Gasteiger partial charge in [0, 0.05) is 26.7 Å². The average molecular weight is 560 g/mol. The highest BCUT2D eigenvalue weighted by molar-refractivity contribution is 6.33. The number of methoxy groups -OCH3 is 1. The molecule has 0 spiro atoms. The molecule has 2 saturated heterocycles. The van der Waals surface area contributed by atoms with Crippen molar-refractivity contribution in [3.8, 4) is 0 Å². The number of amides is 1. The van der Waals surface area contributed by atoms with Gasteiger partial charge in [-0.3, -0.25) is 14.5 Å². The van der Waals surface area contributed by atoms with E-state index in [-0.39, 0.29) is 34.5 Å². The number of H-pyrrole nitrogens is 1. The molecule has 3 heterocycles. The summed E-state index contributed by atoms with van der Waals surface area (Å²) < 4.78 is 11.1. The summed E-state index contributed by atoms with van der Waals surface area (Å²) in [4.78, 5) is 44.2. The molecule has 0 aliphatic carbocycles. The number of pyridine rings is 1. The number of hydrogen-bond donors (Lipinski definition) is 3. The number of benzene rings is 1. The third kappa shape index (κ3) is 8.04. The molecule has 2 fully saturated rings. The van der Waals surface area contributed by atoms with Crippen LogP contribution >= 0.6 is 11.6 Å². The van der Waals surface area contributed by atoms with E-state index in [1.807, 2.05) is 24.3 Å². The second-order valence-electron chi connectivity index (χ2n) is 10.2. The quantitative estimate of drug-likeness (QED) is 0.358. The van der Waals surface area contributed by atoms with Gasteiger partial charge in [-0.05, 0) is 75.5 Å². The van der Waals surface area contributed by atoms with Gasteiger partial charge in [0.2, 0.25) is 0 Å². The first kappa shape index (κ1) is 29.1. The van der Waals surface area contributed by atoms with Crippen molar-refractivity contribution < 1.29 is 19.1 Å². The van der Waals surface area contributed by atoms with Crippen LogP contribution in [0.2, 0.25) is 5.02 Å². The van der Waals surface area contributed by atoms with Crippen LogP contribution in [0.3, 0.4) is 0 Å². The molecule has 4 N–H and O–H groups in total. The number of nitrogen functional groups attached to an aromatic ring is 1. The smallest absolute Gasteiger partial charge is 0.338 e. The molecule has 2 aliphatic heterocycles. The third-order valence-corrected chi connectivity index (χ3v) is 7.81. The van der Waals surface area contributed by atoms with Crippen molar-refractivity contribution in [2.45, 2.75) is 44.2 Å². The molecule has 0 saturated carbocycles. The summed E-state index contributed by atoms with van der Waals surface area (Å²) in [6.45, 7) is 5.76. The second-order valence-corrected chi connectivity index (χ2v) is 10.6. The van der Waals surface area contributed by atoms with E-state index in [0.29, 0.717) is 25.1 Å². The summed E-state index contributed by atoms with van der Waals surface area (Å²) in [5, 5.41) is 3.04. The van der Waals surface area contributed by atoms with Gasteiger partial charge < -0.3 is 30.4 Å². The van der Waals surface area contributed by atoms with Crippen molar-refractivity contribution in [1.82, 2.24) is 20.1 Å². The zero-order chi connectivity index (χ0) is 27.8. The SMILES string of the molecule is CO[C@H]1CN(CCCc2ccc(C(=O)OCCN3CCCC3)cc2)CC[C@H]1NC(=O)c1cc(Cl)c(N)[nH]c1=O. The first-order valence-electron chi connectivity index (χ1n) is 13.6. The van der Waals surface area contributed by atoms with Crippen LogP contribution in [0.15, 0.2) is 35.1 Å². The molecule has 212 valence electrons. The van der Waals surface area contributed by atoms with Crippen molar-refractivity contribution in [3.05, 3.63) is 62.4 Å². The molecule has 0 bridgehead atoms. The molecule has 39 heavy (non-hydrogen) atoms. The van der Waals surface area contributed by atoms with Crippen LogP contribution in [0, 0.1) is 0 Å². The van der Waals surface area contributed by atoms with E-state index >= 15 is 0 Å². The molecule has 2 atom stereocenters. The Kier molecular flexibility index (Phi) is 10.4. The molecule has 0 unspecified atom stereocenters. The van der Waals surface area contributed by atoms with Gasteiger partial charge in [0.05, 0.1) is 22.7 Å². The highest BCUT2D eigenvalue weighted by Crippen LogP contribution is 2.18. The van der Waals surface area contributed by atoms with E-state index in [4.69, 9.17) is 26.8 Å². The lowest BCUT2D eigenvalue weighted by molar-refractivity contribution is 0.00617. The van der Waals surface area contributed by atoms with Crippen molar-refractivity contribution in [2.24, 2.45) is 0 Å². The molecular formula is C28H38ClN5O5. The van der Waals surface area contributed by atoms with Gasteiger partial charge in [-0.2, -0.15) is 0 Å². The van der Waals surface area contributed by atoms with Gasteiger partial charge in [0.1, 0.15) is 18.0 Å². The summed E-state index contributed by atoms with van der Waals surface area (Å²) in [7, 11) is 1.62. The van der Waals surface area contributed by atoms with Gasteiger partial charge in [-0.15, -0.1) is 0 Å². The number of aromatic amines is 1. The number of esters is 1. The fraction of sp³-hybridized carbons (Fsp3) is 0.536. The summed E-state index contributed by atoms with van der Waals surface area (Å²) >= 11 is 5.97. The number of likely N-dealkylation sites (tertiary alicyclic amines) is 2. The van der Waals surface area contributed by atoms with Crippen LogP contribution in [0.1, 0.15) is 52.0 Å². The number of aryl methyl sites for hydroxylation is 1. The number of hydrogen-bond acceptors (Lipinski definition) is 8. The Morgan fingerprint density at radius 2 is 1.87 bits per heavy atom. The number of ether oxygens (including phenoxy) is 2. The Bertz CT molecular complexity index is 1180. The first-order valence-corrected chi connectivity index (χ1v) is 13.9. The number of halogens is 1. The van der Waals surface area contributed by atoms with Crippen molar-refractivity contribution in [2.75, 3.05) is 58.7 Å². The lowest BCUT2D eigenvalue weighted by Gasteiger charge is -2.38. The Morgan fingerprint density at radius 3 is 2.59 bits per heavy atom. The molecule has 1 amide bonds. The largest absolute Gasteiger partial charge is 0.461 e. The zero-order valence-corrected chi connectivity index (χ0v) is 23.2. The summed E-state index contributed by atoms with van der Waals surface area (Å²) in [6, 6.07) is 8.71. The lowest BCUT2D eigenvalue weighted by atomic mass is 10.00. The molecule has 11 heteroatoms. The van der Waals surface area contributed by atoms with Crippen LogP contribution in [0.5, 0.6) is 0 Å². The maximum Gasteiger partial charge on any atom is 0.338 e. The van der Waals surface area contributed by atoms with Gasteiger partial charge in [-0.1, -0.05) is 23.7 Å². The molecule has 2 aromatic rings. The maximum absolute atomic E-state index is 12.7. The third-order valence-electron chi connectivity index (χ3n) is 7.50. The highest BCUT2D eigenvalue weighted by atomic mass is 35.5. The molecule has 10 nitrogen and oxygen atoms in total. The van der Waals surface area contributed by atoms with Crippen LogP contribution in [-0.4, -0.2) is 91.8 Å². The first-order chi connectivity index (χ1) is 18.8. The Morgan fingerprint density at radius 1 is 1.13 bits per heavy atom. The number of nitrogens with one attached hydrogen (secondary N) is 2. The number of aromatic nitrogens is 1. The summed E-state index contributed by atoms with van der Waals surface area (Å²) in [6.07, 6.45) is 4.78. The van der Waals surface area contributed by atoms with E-state index in [9.17, 15) is 14.4 Å². The molecule has 2 aliphatic rings. The number of nitrogens with two attached hydrogens (primary N) is 1. The number of piperidine rings is 1. The van der Waals surface area contributed by atoms with Crippen LogP contribution in [0.4, 0.5) is 5.82 Å². The normalized spacial score (nSPS) is 20.2. The molecule has 1 aromatic heterocycles. The van der Waals surface area contributed by atoms with E-state index in [1.165, 1.54) is 24.5 Å². The maximum atomic E-state index is 12.7. The van der Waals surface area contributed by atoms with Gasteiger partial charge >= 0.3 is 5.97 Å². The number of carbonyl (C=O) groups excluding carboxylic acids is 2. The van der Waals surface area contributed by atoms with E-state index in [0.717, 1.165) is 45.6 Å². The van der Waals surface area contributed by atoms with Gasteiger partial charge in [0.15, 0.2) is 0 Å². The van der Waals surface area contributed by atoms with Gasteiger partial charge in [0.25, 0.3) is 11.5 Å². The van der Waals surface area contributed by atoms with Crippen LogP contribution in [0.25, 0.3) is 0 Å². The summed E-state index contributed by atoms with van der Waals surface area (Å²) in [5.41, 5.74) is 6.69. The molecule has 1 aromatic carbocycles.